The van der Waals surface area contributed by atoms with Crippen LogP contribution in [-0.4, -0.2) is 17.6 Å². The van der Waals surface area contributed by atoms with Crippen molar-refractivity contribution in [1.82, 2.24) is 9.97 Å². The van der Waals surface area contributed by atoms with E-state index in [9.17, 15) is 0 Å². The molecule has 0 aliphatic rings. The minimum atomic E-state index is -2.36. The molecule has 0 saturated carbocycles. The molecule has 7 heteroatoms. The molecule has 2 aromatic heterocycles. The zero-order valence-electron chi connectivity index (χ0n) is 10.4. The van der Waals surface area contributed by atoms with Crippen molar-refractivity contribution in [2.45, 2.75) is 23.9 Å². The first-order chi connectivity index (χ1) is 8.94. The van der Waals surface area contributed by atoms with E-state index in [0.29, 0.717) is 0 Å². The van der Waals surface area contributed by atoms with E-state index < -0.39 is 7.67 Å². The van der Waals surface area contributed by atoms with Crippen LogP contribution in [-0.2, 0) is 0 Å². The monoisotopic (exact) mass is 622 g/mol. The first-order valence-electron chi connectivity index (χ1n) is 5.58. The molecule has 2 heterocycles. The molecule has 2 aromatic rings. The Morgan fingerprint density at radius 2 is 1.26 bits per heavy atom. The van der Waals surface area contributed by atoms with E-state index in [0.717, 1.165) is 21.4 Å². The van der Waals surface area contributed by atoms with Gasteiger partial charge in [0.2, 0.25) is 0 Å². The zero-order chi connectivity index (χ0) is 13.9. The fourth-order valence-electron chi connectivity index (χ4n) is 1.41. The van der Waals surface area contributed by atoms with Gasteiger partial charge in [0.15, 0.2) is 0 Å². The molecular formula is C12H12I2N2S2Sn. The molecule has 2 nitrogen and oxygen atoms in total. The molecule has 0 spiro atoms. The Labute approximate surface area is 142 Å². The number of pyridine rings is 2. The predicted octanol–water partition coefficient (Wildman–Crippen LogP) is 5.28. The molecule has 2 rings (SSSR count). The molecule has 0 fully saturated rings. The van der Waals surface area contributed by atoms with Crippen LogP contribution in [0.25, 0.3) is 0 Å². The van der Waals surface area contributed by atoms with Gasteiger partial charge in [-0.05, 0) is 0 Å². The van der Waals surface area contributed by atoms with E-state index in [4.69, 9.17) is 0 Å². The van der Waals surface area contributed by atoms with Crippen molar-refractivity contribution in [2.24, 2.45) is 0 Å². The average molecular weight is 621 g/mol. The molecule has 0 aliphatic carbocycles. The Balaban J connectivity index is 2.10. The third-order valence-electron chi connectivity index (χ3n) is 2.17. The van der Waals surface area contributed by atoms with Crippen LogP contribution >= 0.6 is 55.2 Å². The summed E-state index contributed by atoms with van der Waals surface area (Å²) in [4.78, 5) is 9.18. The van der Waals surface area contributed by atoms with E-state index in [1.807, 2.05) is 43.9 Å². The number of aryl methyl sites for hydroxylation is 2. The summed E-state index contributed by atoms with van der Waals surface area (Å²) in [5.74, 6) is 0. The summed E-state index contributed by atoms with van der Waals surface area (Å²) in [5, 5.41) is 2.28. The van der Waals surface area contributed by atoms with Crippen molar-refractivity contribution in [3.05, 3.63) is 47.8 Å². The summed E-state index contributed by atoms with van der Waals surface area (Å²) in [7, 11) is 1.55. The summed E-state index contributed by atoms with van der Waals surface area (Å²) in [6, 6.07) is 12.4. The van der Waals surface area contributed by atoms with Crippen molar-refractivity contribution in [1.29, 1.82) is 0 Å². The first kappa shape index (κ1) is 16.6. The summed E-state index contributed by atoms with van der Waals surface area (Å²) in [6.07, 6.45) is 0. The maximum absolute atomic E-state index is 4.59. The number of halogens is 2. The van der Waals surface area contributed by atoms with Gasteiger partial charge in [0.1, 0.15) is 0 Å². The van der Waals surface area contributed by atoms with Crippen molar-refractivity contribution >= 4 is 62.8 Å². The Bertz CT molecular complexity index is 532. The van der Waals surface area contributed by atoms with Crippen LogP contribution in [0.1, 0.15) is 11.4 Å². The number of hydrogen-bond donors (Lipinski definition) is 0. The van der Waals surface area contributed by atoms with E-state index in [1.54, 1.807) is 0 Å². The van der Waals surface area contributed by atoms with Crippen molar-refractivity contribution in [3.63, 3.8) is 0 Å². The first-order valence-corrected chi connectivity index (χ1v) is 30.8. The van der Waals surface area contributed by atoms with Crippen LogP contribution < -0.4 is 0 Å². The molecule has 0 saturated heterocycles. The maximum atomic E-state index is 4.59. The standard InChI is InChI=1S/2C6H7NS.2HI.Sn/c2*1-5-3-2-4-6(8)7-5;;;/h2*2-4H,1H3,(H,7,8);2*1H;/q;;;;+4/p-4. The van der Waals surface area contributed by atoms with E-state index in [1.165, 1.54) is 0 Å². The van der Waals surface area contributed by atoms with Gasteiger partial charge in [0.05, 0.1) is 0 Å². The molecule has 0 N–H and O–H groups in total. The molecule has 0 aliphatic heterocycles. The number of nitrogens with zero attached hydrogens (tertiary/aromatic N) is 2. The molecule has 0 amide bonds. The van der Waals surface area contributed by atoms with Crippen LogP contribution in [0.15, 0.2) is 46.5 Å². The quantitative estimate of drug-likeness (QED) is 0.343. The van der Waals surface area contributed by atoms with Crippen molar-refractivity contribution in [2.75, 3.05) is 0 Å². The Hall–Kier alpha value is 1.26. The Kier molecular flexibility index (Phi) is 6.56. The molecule has 0 radical (unpaired) electrons. The molecule has 100 valence electrons. The van der Waals surface area contributed by atoms with E-state index in [-0.39, 0.29) is 0 Å². The van der Waals surface area contributed by atoms with Crippen LogP contribution in [0.2, 0.25) is 0 Å². The normalized spacial score (nSPS) is 11.6. The second-order valence-corrected chi connectivity index (χ2v) is 76.4. The zero-order valence-corrected chi connectivity index (χ0v) is 19.2. The van der Waals surface area contributed by atoms with Gasteiger partial charge in [-0.1, -0.05) is 0 Å². The third-order valence-corrected chi connectivity index (χ3v) is 32.3. The summed E-state index contributed by atoms with van der Waals surface area (Å²) in [5.41, 5.74) is 2.16. The summed E-state index contributed by atoms with van der Waals surface area (Å²) in [6.45, 7) is 4.08. The second-order valence-electron chi connectivity index (χ2n) is 3.90. The topological polar surface area (TPSA) is 25.8 Å². The van der Waals surface area contributed by atoms with E-state index in [2.05, 4.69) is 71.5 Å². The van der Waals surface area contributed by atoms with Gasteiger partial charge in [0, 0.05) is 0 Å². The summed E-state index contributed by atoms with van der Waals surface area (Å²) >= 11 is 5.30. The van der Waals surface area contributed by atoms with Gasteiger partial charge >= 0.3 is 144 Å². The van der Waals surface area contributed by atoms with Crippen molar-refractivity contribution < 1.29 is 0 Å². The SMILES string of the molecule is Cc1cccc([S][Sn]([I])([I])[S]c2cccc(C)n2)n1. The van der Waals surface area contributed by atoms with Crippen LogP contribution in [0.5, 0.6) is 0 Å². The molecule has 0 atom stereocenters. The number of hydrogen-bond acceptors (Lipinski definition) is 4. The molecule has 0 unspecified atom stereocenters. The van der Waals surface area contributed by atoms with Gasteiger partial charge in [-0.3, -0.25) is 0 Å². The van der Waals surface area contributed by atoms with Gasteiger partial charge in [0.25, 0.3) is 0 Å². The fraction of sp³-hybridized carbons (Fsp3) is 0.167. The Morgan fingerprint density at radius 3 is 1.63 bits per heavy atom. The van der Waals surface area contributed by atoms with E-state index >= 15 is 0 Å². The predicted molar refractivity (Wildman–Crippen MR) is 103 cm³/mol. The molecule has 0 aromatic carbocycles. The van der Waals surface area contributed by atoms with Crippen LogP contribution in [0.3, 0.4) is 0 Å². The van der Waals surface area contributed by atoms with Gasteiger partial charge in [-0.15, -0.1) is 0 Å². The average Bonchev–Trinajstić information content (AvgIpc) is 2.27. The van der Waals surface area contributed by atoms with Gasteiger partial charge < -0.3 is 0 Å². The van der Waals surface area contributed by atoms with Crippen LogP contribution in [0, 0.1) is 13.8 Å². The molecule has 19 heavy (non-hydrogen) atoms. The van der Waals surface area contributed by atoms with Crippen LogP contribution in [0.4, 0.5) is 0 Å². The number of aromatic nitrogens is 2. The molecule has 0 bridgehead atoms. The van der Waals surface area contributed by atoms with Gasteiger partial charge in [-0.2, -0.15) is 0 Å². The number of rotatable bonds is 4. The third kappa shape index (κ3) is 5.87. The minimum absolute atomic E-state index is 1.08. The second kappa shape index (κ2) is 7.50. The Morgan fingerprint density at radius 1 is 0.842 bits per heavy atom. The summed E-state index contributed by atoms with van der Waals surface area (Å²) < 4.78 is 0. The molecular weight excluding hydrogens is 609 g/mol. The van der Waals surface area contributed by atoms with Gasteiger partial charge in [-0.25, -0.2) is 0 Å². The van der Waals surface area contributed by atoms with Crippen molar-refractivity contribution in [3.8, 4) is 0 Å². The fourth-order valence-corrected chi connectivity index (χ4v) is 31.5.